The molecule has 2 aliphatic rings. The van der Waals surface area contributed by atoms with Gasteiger partial charge in [-0.2, -0.15) is 0 Å². The Morgan fingerprint density at radius 3 is 1.56 bits per heavy atom. The number of amides is 2. The van der Waals surface area contributed by atoms with Crippen LogP contribution in [0.3, 0.4) is 0 Å². The van der Waals surface area contributed by atoms with Crippen molar-refractivity contribution in [1.82, 2.24) is 9.80 Å². The van der Waals surface area contributed by atoms with Gasteiger partial charge in [0.2, 0.25) is 0 Å². The lowest BCUT2D eigenvalue weighted by atomic mass is 10.2. The first kappa shape index (κ1) is 36.8. The van der Waals surface area contributed by atoms with Crippen molar-refractivity contribution in [2.24, 2.45) is 0 Å². The number of hydrogen-bond donors (Lipinski definition) is 1. The van der Waals surface area contributed by atoms with E-state index in [1.807, 2.05) is 30.3 Å². The first-order chi connectivity index (χ1) is 20.8. The van der Waals surface area contributed by atoms with Crippen LogP contribution in [0.5, 0.6) is 0 Å². The van der Waals surface area contributed by atoms with Crippen LogP contribution in [0.25, 0.3) is 0 Å². The van der Waals surface area contributed by atoms with Gasteiger partial charge in [-0.1, -0.05) is 30.3 Å². The summed E-state index contributed by atoms with van der Waals surface area (Å²) in [5.74, 6) is -2.65. The fourth-order valence-corrected chi connectivity index (χ4v) is 4.56. The molecule has 0 unspecified atom stereocenters. The van der Waals surface area contributed by atoms with Crippen molar-refractivity contribution in [2.45, 2.75) is 110 Å². The summed E-state index contributed by atoms with van der Waals surface area (Å²) in [6, 6.07) is 7.38. The summed E-state index contributed by atoms with van der Waals surface area (Å²) in [7, 11) is 0. The Bertz CT molecular complexity index is 1220. The normalized spacial score (nSPS) is 21.2. The molecule has 2 fully saturated rings. The van der Waals surface area contributed by atoms with Gasteiger partial charge in [0, 0.05) is 26.7 Å². The Hall–Kier alpha value is -4.36. The van der Waals surface area contributed by atoms with Crippen molar-refractivity contribution >= 4 is 36.1 Å². The van der Waals surface area contributed by atoms with Crippen molar-refractivity contribution in [3.8, 4) is 0 Å². The fourth-order valence-electron chi connectivity index (χ4n) is 4.56. The van der Waals surface area contributed by atoms with E-state index in [1.54, 1.807) is 41.5 Å². The van der Waals surface area contributed by atoms with Crippen molar-refractivity contribution in [2.75, 3.05) is 13.1 Å². The molecular weight excluding hydrogens is 592 g/mol. The molecule has 0 bridgehead atoms. The third kappa shape index (κ3) is 12.6. The van der Waals surface area contributed by atoms with Crippen LogP contribution in [0.2, 0.25) is 0 Å². The summed E-state index contributed by atoms with van der Waals surface area (Å²) >= 11 is 0. The second kappa shape index (κ2) is 15.6. The van der Waals surface area contributed by atoms with Gasteiger partial charge in [0.15, 0.2) is 0 Å². The van der Waals surface area contributed by atoms with Crippen LogP contribution in [-0.2, 0) is 49.5 Å². The number of nitrogens with zero attached hydrogens (tertiary/aromatic N) is 2. The summed E-state index contributed by atoms with van der Waals surface area (Å²) in [6.07, 6.45) is -2.25. The molecule has 250 valence electrons. The lowest BCUT2D eigenvalue weighted by Crippen LogP contribution is -2.44. The third-order valence-electron chi connectivity index (χ3n) is 6.23. The molecular formula is C31H44N2O12. The van der Waals surface area contributed by atoms with Crippen molar-refractivity contribution < 1.29 is 57.6 Å². The maximum atomic E-state index is 12.5. The number of carboxylic acid groups (broad SMARTS) is 1. The van der Waals surface area contributed by atoms with E-state index < -0.39 is 71.6 Å². The Morgan fingerprint density at radius 1 is 0.733 bits per heavy atom. The number of benzene rings is 1. The Labute approximate surface area is 262 Å². The van der Waals surface area contributed by atoms with Crippen LogP contribution in [0.1, 0.15) is 73.8 Å². The second-order valence-electron chi connectivity index (χ2n) is 12.7. The Balaban J connectivity index is 0.000000330. The monoisotopic (exact) mass is 636 g/mol. The summed E-state index contributed by atoms with van der Waals surface area (Å²) < 4.78 is 26.0. The number of esters is 3. The smallest absolute Gasteiger partial charge is 0.411 e. The van der Waals surface area contributed by atoms with E-state index in [1.165, 1.54) is 18.7 Å². The minimum Gasteiger partial charge on any atom is -0.480 e. The fraction of sp³-hybridized carbons (Fsp3) is 0.613. The molecule has 14 heteroatoms. The number of ether oxygens (including phenoxy) is 5. The van der Waals surface area contributed by atoms with Crippen LogP contribution in [0.15, 0.2) is 30.3 Å². The molecule has 0 saturated carbocycles. The van der Waals surface area contributed by atoms with E-state index in [0.29, 0.717) is 0 Å². The van der Waals surface area contributed by atoms with Crippen molar-refractivity contribution in [3.63, 3.8) is 0 Å². The molecule has 4 atom stereocenters. The summed E-state index contributed by atoms with van der Waals surface area (Å²) in [5, 5.41) is 9.09. The zero-order chi connectivity index (χ0) is 34.1. The predicted molar refractivity (Wildman–Crippen MR) is 158 cm³/mol. The van der Waals surface area contributed by atoms with Gasteiger partial charge in [-0.25, -0.2) is 19.2 Å². The van der Waals surface area contributed by atoms with Crippen LogP contribution in [0, 0.1) is 0 Å². The van der Waals surface area contributed by atoms with Gasteiger partial charge in [0.05, 0.1) is 13.1 Å². The van der Waals surface area contributed by atoms with E-state index in [-0.39, 0.29) is 32.5 Å². The molecule has 0 spiro atoms. The SMILES string of the molecule is CC(=O)O[C@@H]1C[C@@H](C(=O)O)N(C(=O)OC(C)(C)C)C1.CC(=O)O[C@@H]1C[C@@H](C(=O)OCc2ccccc2)N(C(=O)OC(C)(C)C)C1. The van der Waals surface area contributed by atoms with Gasteiger partial charge >= 0.3 is 36.1 Å². The maximum absolute atomic E-state index is 12.5. The maximum Gasteiger partial charge on any atom is 0.411 e. The molecule has 45 heavy (non-hydrogen) atoms. The Kier molecular flexibility index (Phi) is 12.7. The molecule has 14 nitrogen and oxygen atoms in total. The second-order valence-corrected chi connectivity index (χ2v) is 12.7. The topological polar surface area (TPSA) is 175 Å². The number of carboxylic acids is 1. The molecule has 1 aromatic rings. The molecule has 2 aliphatic heterocycles. The number of carbonyl (C=O) groups is 6. The highest BCUT2D eigenvalue weighted by molar-refractivity contribution is 5.83. The average molecular weight is 637 g/mol. The van der Waals surface area contributed by atoms with E-state index >= 15 is 0 Å². The molecule has 3 rings (SSSR count). The van der Waals surface area contributed by atoms with Gasteiger partial charge in [-0.05, 0) is 47.1 Å². The predicted octanol–water partition coefficient (Wildman–Crippen LogP) is 3.68. The third-order valence-corrected chi connectivity index (χ3v) is 6.23. The summed E-state index contributed by atoms with van der Waals surface area (Å²) in [5.41, 5.74) is -0.562. The number of rotatable bonds is 6. The lowest BCUT2D eigenvalue weighted by molar-refractivity contribution is -0.151. The van der Waals surface area contributed by atoms with Crippen molar-refractivity contribution in [1.29, 1.82) is 0 Å². The average Bonchev–Trinajstić information content (AvgIpc) is 3.50. The van der Waals surface area contributed by atoms with E-state index in [0.717, 1.165) is 10.5 Å². The van der Waals surface area contributed by atoms with Crippen LogP contribution in [-0.4, -0.2) is 99.6 Å². The zero-order valence-electron chi connectivity index (χ0n) is 27.1. The highest BCUT2D eigenvalue weighted by Gasteiger charge is 2.44. The molecule has 2 saturated heterocycles. The van der Waals surface area contributed by atoms with E-state index in [9.17, 15) is 28.8 Å². The molecule has 0 aliphatic carbocycles. The largest absolute Gasteiger partial charge is 0.480 e. The molecule has 0 radical (unpaired) electrons. The number of aliphatic carboxylic acids is 1. The number of likely N-dealkylation sites (tertiary alicyclic amines) is 2. The van der Waals surface area contributed by atoms with Crippen molar-refractivity contribution in [3.05, 3.63) is 35.9 Å². The van der Waals surface area contributed by atoms with Crippen LogP contribution >= 0.6 is 0 Å². The van der Waals surface area contributed by atoms with Gasteiger partial charge in [0.25, 0.3) is 0 Å². The quantitative estimate of drug-likeness (QED) is 0.355. The zero-order valence-corrected chi connectivity index (χ0v) is 27.1. The van der Waals surface area contributed by atoms with E-state index in [4.69, 9.17) is 28.8 Å². The highest BCUT2D eigenvalue weighted by Crippen LogP contribution is 2.25. The molecule has 2 amide bonds. The molecule has 1 aromatic carbocycles. The standard InChI is InChI=1S/C19H25NO6.C12H19NO6/c1-13(21)25-15-10-16(20(11-15)18(23)26-19(2,3)4)17(22)24-12-14-8-6-5-7-9-14;1-7(14)18-8-5-9(10(15)16)13(6-8)11(17)19-12(2,3)4/h5-9,15-16H,10-12H2,1-4H3;8-9H,5-6H2,1-4H3,(H,15,16)/t15-,16+;8-,9+/m11/s1. The molecule has 1 N–H and O–H groups in total. The van der Waals surface area contributed by atoms with Gasteiger partial charge in [0.1, 0.15) is 42.1 Å². The number of hydrogen-bond acceptors (Lipinski definition) is 11. The lowest BCUT2D eigenvalue weighted by Gasteiger charge is -2.27. The highest BCUT2D eigenvalue weighted by atomic mass is 16.6. The molecule has 2 heterocycles. The first-order valence-electron chi connectivity index (χ1n) is 14.5. The van der Waals surface area contributed by atoms with Crippen LogP contribution in [0.4, 0.5) is 9.59 Å². The van der Waals surface area contributed by atoms with E-state index in [2.05, 4.69) is 0 Å². The first-order valence-corrected chi connectivity index (χ1v) is 14.5. The van der Waals surface area contributed by atoms with Gasteiger partial charge < -0.3 is 28.8 Å². The van der Waals surface area contributed by atoms with Crippen LogP contribution < -0.4 is 0 Å². The summed E-state index contributed by atoms with van der Waals surface area (Å²) in [4.78, 5) is 72.4. The minimum atomic E-state index is -1.14. The van der Waals surface area contributed by atoms with Gasteiger partial charge in [-0.3, -0.25) is 19.4 Å². The summed E-state index contributed by atoms with van der Waals surface area (Å²) in [6.45, 7) is 13.1. The van der Waals surface area contributed by atoms with Gasteiger partial charge in [-0.15, -0.1) is 0 Å². The number of carbonyl (C=O) groups excluding carboxylic acids is 5. The Morgan fingerprint density at radius 2 is 1.16 bits per heavy atom. The molecule has 0 aromatic heterocycles. The minimum absolute atomic E-state index is 0.0332.